The second-order valence-electron chi connectivity index (χ2n) is 8.86. The Hall–Kier alpha value is -3.85. The molecule has 1 aromatic heterocycles. The average molecular weight is 492 g/mol. The minimum absolute atomic E-state index is 0.0972. The Morgan fingerprint density at radius 1 is 1.06 bits per heavy atom. The number of amides is 3. The summed E-state index contributed by atoms with van der Waals surface area (Å²) >= 11 is 0. The molecule has 0 saturated carbocycles. The van der Waals surface area contributed by atoms with Crippen molar-refractivity contribution in [2.75, 3.05) is 45.7 Å². The van der Waals surface area contributed by atoms with Crippen LogP contribution in [0.4, 0.5) is 10.5 Å². The number of fused-ring (bicyclic) bond motifs is 1. The molecule has 3 aromatic rings. The first-order chi connectivity index (χ1) is 17.5. The molecule has 36 heavy (non-hydrogen) atoms. The van der Waals surface area contributed by atoms with Gasteiger partial charge in [0.1, 0.15) is 11.5 Å². The number of pyridine rings is 1. The lowest BCUT2D eigenvalue weighted by molar-refractivity contribution is 0.0908. The Morgan fingerprint density at radius 2 is 1.83 bits per heavy atom. The number of piperidine rings is 1. The number of carbonyl (C=O) groups excluding carboxylic acids is 2. The van der Waals surface area contributed by atoms with Gasteiger partial charge in [0.2, 0.25) is 0 Å². The summed E-state index contributed by atoms with van der Waals surface area (Å²) in [6.07, 6.45) is 1.69. The summed E-state index contributed by atoms with van der Waals surface area (Å²) in [6.45, 7) is 4.89. The summed E-state index contributed by atoms with van der Waals surface area (Å²) in [7, 11) is 3.12. The SMILES string of the molecule is COc1ccc(C(=O)NC2CCN(CCNC(=O)Nc3cc(C)nc4ccccc34)CC2)c(OC)c1. The van der Waals surface area contributed by atoms with E-state index in [1.165, 1.54) is 0 Å². The van der Waals surface area contributed by atoms with Gasteiger partial charge in [0.15, 0.2) is 0 Å². The van der Waals surface area contributed by atoms with Gasteiger partial charge in [0.25, 0.3) is 5.91 Å². The predicted octanol–water partition coefficient (Wildman–Crippen LogP) is 3.58. The van der Waals surface area contributed by atoms with Crippen molar-refractivity contribution in [3.63, 3.8) is 0 Å². The van der Waals surface area contributed by atoms with Crippen LogP contribution in [0.5, 0.6) is 11.5 Å². The molecule has 0 unspecified atom stereocenters. The van der Waals surface area contributed by atoms with Crippen LogP contribution in [0.1, 0.15) is 28.9 Å². The van der Waals surface area contributed by atoms with Crippen LogP contribution >= 0.6 is 0 Å². The van der Waals surface area contributed by atoms with Crippen molar-refractivity contribution in [1.29, 1.82) is 0 Å². The van der Waals surface area contributed by atoms with Gasteiger partial charge < -0.3 is 30.3 Å². The molecule has 3 amide bonds. The van der Waals surface area contributed by atoms with Gasteiger partial charge in [-0.25, -0.2) is 4.79 Å². The quantitative estimate of drug-likeness (QED) is 0.445. The molecule has 0 aliphatic carbocycles. The predicted molar refractivity (Wildman–Crippen MR) is 140 cm³/mol. The number of likely N-dealkylation sites (tertiary alicyclic amines) is 1. The van der Waals surface area contributed by atoms with Crippen molar-refractivity contribution in [3.8, 4) is 11.5 Å². The van der Waals surface area contributed by atoms with Gasteiger partial charge in [-0.2, -0.15) is 0 Å². The van der Waals surface area contributed by atoms with Gasteiger partial charge in [0, 0.05) is 49.4 Å². The summed E-state index contributed by atoms with van der Waals surface area (Å²) in [5.74, 6) is 0.983. The van der Waals surface area contributed by atoms with Gasteiger partial charge in [0.05, 0.1) is 31.0 Å². The number of carbonyl (C=O) groups is 2. The van der Waals surface area contributed by atoms with Crippen molar-refractivity contribution in [3.05, 3.63) is 59.8 Å². The molecule has 9 heteroatoms. The molecule has 0 atom stereocenters. The highest BCUT2D eigenvalue weighted by atomic mass is 16.5. The van der Waals surface area contributed by atoms with E-state index in [1.807, 2.05) is 37.3 Å². The van der Waals surface area contributed by atoms with Gasteiger partial charge in [-0.1, -0.05) is 18.2 Å². The highest BCUT2D eigenvalue weighted by molar-refractivity contribution is 6.00. The average Bonchev–Trinajstić information content (AvgIpc) is 2.89. The first-order valence-corrected chi connectivity index (χ1v) is 12.1. The smallest absolute Gasteiger partial charge is 0.319 e. The molecule has 1 saturated heterocycles. The van der Waals surface area contributed by atoms with Crippen molar-refractivity contribution < 1.29 is 19.1 Å². The van der Waals surface area contributed by atoms with Gasteiger partial charge >= 0.3 is 6.03 Å². The van der Waals surface area contributed by atoms with E-state index in [2.05, 4.69) is 25.8 Å². The highest BCUT2D eigenvalue weighted by Crippen LogP contribution is 2.25. The number of benzene rings is 2. The van der Waals surface area contributed by atoms with E-state index < -0.39 is 0 Å². The zero-order valence-corrected chi connectivity index (χ0v) is 21.0. The summed E-state index contributed by atoms with van der Waals surface area (Å²) < 4.78 is 10.6. The topological polar surface area (TPSA) is 105 Å². The molecule has 9 nitrogen and oxygen atoms in total. The minimum atomic E-state index is -0.235. The molecular formula is C27H33N5O4. The van der Waals surface area contributed by atoms with E-state index in [0.29, 0.717) is 23.6 Å². The first kappa shape index (κ1) is 25.2. The van der Waals surface area contributed by atoms with E-state index in [9.17, 15) is 9.59 Å². The van der Waals surface area contributed by atoms with Crippen LogP contribution in [0.3, 0.4) is 0 Å². The molecule has 2 heterocycles. The number of aromatic nitrogens is 1. The van der Waals surface area contributed by atoms with Crippen LogP contribution < -0.4 is 25.4 Å². The second kappa shape index (κ2) is 11.7. The zero-order chi connectivity index (χ0) is 25.5. The maximum atomic E-state index is 12.8. The minimum Gasteiger partial charge on any atom is -0.497 e. The molecule has 1 aliphatic heterocycles. The first-order valence-electron chi connectivity index (χ1n) is 12.1. The number of rotatable bonds is 8. The third-order valence-electron chi connectivity index (χ3n) is 6.38. The fourth-order valence-corrected chi connectivity index (χ4v) is 4.46. The lowest BCUT2D eigenvalue weighted by atomic mass is 10.0. The van der Waals surface area contributed by atoms with Gasteiger partial charge in [-0.15, -0.1) is 0 Å². The normalized spacial score (nSPS) is 14.3. The second-order valence-corrected chi connectivity index (χ2v) is 8.86. The largest absolute Gasteiger partial charge is 0.497 e. The highest BCUT2D eigenvalue weighted by Gasteiger charge is 2.22. The summed E-state index contributed by atoms with van der Waals surface area (Å²) in [5, 5.41) is 9.92. The van der Waals surface area contributed by atoms with Crippen LogP contribution in [-0.2, 0) is 0 Å². The number of hydrogen-bond donors (Lipinski definition) is 3. The Labute approximate surface area is 211 Å². The third-order valence-corrected chi connectivity index (χ3v) is 6.38. The van der Waals surface area contributed by atoms with E-state index in [-0.39, 0.29) is 18.0 Å². The van der Waals surface area contributed by atoms with Crippen LogP contribution in [0, 0.1) is 6.92 Å². The lowest BCUT2D eigenvalue weighted by Crippen LogP contribution is -2.46. The molecule has 1 fully saturated rings. The maximum Gasteiger partial charge on any atom is 0.319 e. The van der Waals surface area contributed by atoms with Gasteiger partial charge in [-0.3, -0.25) is 9.78 Å². The van der Waals surface area contributed by atoms with E-state index >= 15 is 0 Å². The summed E-state index contributed by atoms with van der Waals surface area (Å²) in [6, 6.07) is 14.7. The fraction of sp³-hybridized carbons (Fsp3) is 0.370. The van der Waals surface area contributed by atoms with Crippen LogP contribution in [0.25, 0.3) is 10.9 Å². The van der Waals surface area contributed by atoms with Gasteiger partial charge in [-0.05, 0) is 44.0 Å². The third kappa shape index (κ3) is 6.23. The monoisotopic (exact) mass is 491 g/mol. The number of hydrogen-bond acceptors (Lipinski definition) is 6. The number of anilines is 1. The number of ether oxygens (including phenoxy) is 2. The van der Waals surface area contributed by atoms with Crippen LogP contribution in [0.2, 0.25) is 0 Å². The standard InChI is InChI=1S/C27H33N5O4/c1-18-16-24(21-6-4-5-7-23(21)29-18)31-27(34)28-12-15-32-13-10-19(11-14-32)30-26(33)22-9-8-20(35-2)17-25(22)36-3/h4-9,16-17,19H,10-15H2,1-3H3,(H,30,33)(H2,28,29,31,34). The lowest BCUT2D eigenvalue weighted by Gasteiger charge is -2.32. The molecule has 190 valence electrons. The van der Waals surface area contributed by atoms with Crippen molar-refractivity contribution in [1.82, 2.24) is 20.5 Å². The molecule has 2 aromatic carbocycles. The van der Waals surface area contributed by atoms with Crippen LogP contribution in [-0.4, -0.2) is 68.3 Å². The maximum absolute atomic E-state index is 12.8. The number of urea groups is 1. The van der Waals surface area contributed by atoms with E-state index in [1.54, 1.807) is 32.4 Å². The number of nitrogens with one attached hydrogen (secondary N) is 3. The van der Waals surface area contributed by atoms with Crippen molar-refractivity contribution >= 4 is 28.5 Å². The number of nitrogens with zero attached hydrogens (tertiary/aromatic N) is 2. The molecule has 3 N–H and O–H groups in total. The van der Waals surface area contributed by atoms with Crippen molar-refractivity contribution in [2.24, 2.45) is 0 Å². The molecule has 0 radical (unpaired) electrons. The Balaban J connectivity index is 1.20. The van der Waals surface area contributed by atoms with E-state index in [0.717, 1.165) is 54.8 Å². The summed E-state index contributed by atoms with van der Waals surface area (Å²) in [4.78, 5) is 32.1. The van der Waals surface area contributed by atoms with Crippen molar-refractivity contribution in [2.45, 2.75) is 25.8 Å². The molecular weight excluding hydrogens is 458 g/mol. The number of methoxy groups -OCH3 is 2. The molecule has 1 aliphatic rings. The Kier molecular flexibility index (Phi) is 8.22. The molecule has 4 rings (SSSR count). The summed E-state index contributed by atoms with van der Waals surface area (Å²) in [5.41, 5.74) is 2.95. The fourth-order valence-electron chi connectivity index (χ4n) is 4.46. The van der Waals surface area contributed by atoms with E-state index in [4.69, 9.17) is 9.47 Å². The molecule has 0 bridgehead atoms. The number of aryl methyl sites for hydroxylation is 1. The Bertz CT molecular complexity index is 1220. The van der Waals surface area contributed by atoms with Crippen LogP contribution in [0.15, 0.2) is 48.5 Å². The Morgan fingerprint density at radius 3 is 2.58 bits per heavy atom. The zero-order valence-electron chi connectivity index (χ0n) is 21.0. The molecule has 0 spiro atoms. The number of para-hydroxylation sites is 1.